The predicted molar refractivity (Wildman–Crippen MR) is 241 cm³/mol. The number of anilines is 1. The Kier molecular flexibility index (Phi) is 14.5. The maximum atomic E-state index is 13.2. The van der Waals surface area contributed by atoms with E-state index in [1.54, 1.807) is 19.1 Å². The van der Waals surface area contributed by atoms with Gasteiger partial charge in [-0.15, -0.1) is 0 Å². The molecule has 1 unspecified atom stereocenters. The van der Waals surface area contributed by atoms with E-state index in [1.807, 2.05) is 25.4 Å². The van der Waals surface area contributed by atoms with E-state index in [-0.39, 0.29) is 36.9 Å². The number of carbonyl (C=O) groups is 4. The highest BCUT2D eigenvalue weighted by Gasteiger charge is 2.53. The third-order valence-corrected chi connectivity index (χ3v) is 12.8. The van der Waals surface area contributed by atoms with Gasteiger partial charge in [-0.1, -0.05) is 37.3 Å². The maximum Gasteiger partial charge on any atom is 0.261 e. The third-order valence-electron chi connectivity index (χ3n) is 12.8. The Bertz CT molecular complexity index is 2210. The molecule has 2 aromatic carbocycles. The van der Waals surface area contributed by atoms with Crippen LogP contribution >= 0.6 is 0 Å². The van der Waals surface area contributed by atoms with Crippen LogP contribution in [-0.2, 0) is 30.2 Å². The standard InChI is InChI=1S/C50H61N5O7/c1-6-36(38-12-15-43(37(7-2)24-38)46-28-51-19-18-34(46)4)11-14-40(8-3)62-41-26-50(27-41)31-53(32-50)20-23-60-21-9-22-61-42-29-54(30-42)39-13-16-44-45(25-39)49(59)55(48(44)58)35(5)10-17-47(57)52-33-56/h6,8,11-16,18-19,24-25,28,33,35,41-42H,7,9-10,17,20-23,26-27,29-32H2,1-5H3,(H,52,56,57)/b14-11-,36-6+,40-8+. The molecule has 4 aliphatic rings. The molecule has 1 aromatic heterocycles. The van der Waals surface area contributed by atoms with Gasteiger partial charge in [0.25, 0.3) is 11.8 Å². The number of amides is 4. The minimum atomic E-state index is -0.475. The lowest BCUT2D eigenvalue weighted by atomic mass is 9.62. The van der Waals surface area contributed by atoms with Crippen LogP contribution in [0.4, 0.5) is 5.69 Å². The number of likely N-dealkylation sites (tertiary alicyclic amines) is 1. The Morgan fingerprint density at radius 3 is 2.44 bits per heavy atom. The summed E-state index contributed by atoms with van der Waals surface area (Å²) in [6, 6.07) is 13.7. The number of rotatable bonds is 21. The number of hydrogen-bond acceptors (Lipinski definition) is 10. The predicted octanol–water partition coefficient (Wildman–Crippen LogP) is 7.31. The van der Waals surface area contributed by atoms with E-state index in [0.717, 1.165) is 56.8 Å². The zero-order chi connectivity index (χ0) is 43.8. The largest absolute Gasteiger partial charge is 0.491 e. The first-order chi connectivity index (χ1) is 30.0. The van der Waals surface area contributed by atoms with Crippen LogP contribution in [0.1, 0.15) is 97.2 Å². The molecule has 62 heavy (non-hydrogen) atoms. The van der Waals surface area contributed by atoms with Crippen molar-refractivity contribution in [2.45, 2.75) is 91.4 Å². The molecule has 7 rings (SSSR count). The fraction of sp³-hybridized carbons (Fsp3) is 0.460. The van der Waals surface area contributed by atoms with Crippen LogP contribution in [0.5, 0.6) is 0 Å². The molecule has 1 spiro atoms. The summed E-state index contributed by atoms with van der Waals surface area (Å²) in [6.45, 7) is 16.8. The molecule has 328 valence electrons. The van der Waals surface area contributed by atoms with Crippen molar-refractivity contribution in [1.29, 1.82) is 0 Å². The highest BCUT2D eigenvalue weighted by molar-refractivity contribution is 6.22. The molecule has 3 fully saturated rings. The van der Waals surface area contributed by atoms with E-state index in [2.05, 4.69) is 89.4 Å². The first-order valence-corrected chi connectivity index (χ1v) is 22.2. The molecule has 1 atom stereocenters. The molecule has 1 saturated carbocycles. The number of aromatic nitrogens is 1. The summed E-state index contributed by atoms with van der Waals surface area (Å²) in [7, 11) is 0. The van der Waals surface area contributed by atoms with Crippen LogP contribution in [0.25, 0.3) is 16.7 Å². The molecule has 3 aromatic rings. The highest BCUT2D eigenvalue weighted by Crippen LogP contribution is 2.50. The number of hydrogen-bond donors (Lipinski definition) is 1. The zero-order valence-electron chi connectivity index (χ0n) is 36.9. The number of imide groups is 2. The van der Waals surface area contributed by atoms with E-state index in [4.69, 9.17) is 14.2 Å². The van der Waals surface area contributed by atoms with Crippen LogP contribution in [0.2, 0.25) is 0 Å². The number of benzene rings is 2. The summed E-state index contributed by atoms with van der Waals surface area (Å²) in [5.74, 6) is -0.245. The van der Waals surface area contributed by atoms with Crippen molar-refractivity contribution in [3.05, 3.63) is 113 Å². The lowest BCUT2D eigenvalue weighted by Gasteiger charge is -2.58. The monoisotopic (exact) mass is 843 g/mol. The molecule has 4 heterocycles. The maximum absolute atomic E-state index is 13.2. The number of pyridine rings is 1. The SMILES string of the molecule is C\C=C(/C=C\C(=C/C)c1ccc(-c2cnccc2C)c(CC)c1)OC1CC2(C1)CN(CCOCCCOC1CN(c3ccc4c(c3)C(=O)N(C(C)CCC(=O)NC=O)C4=O)C1)C2. The molecule has 12 heteroatoms. The molecule has 0 radical (unpaired) electrons. The van der Waals surface area contributed by atoms with Crippen LogP contribution < -0.4 is 10.2 Å². The number of nitrogens with zero attached hydrogens (tertiary/aromatic N) is 4. The van der Waals surface area contributed by atoms with Gasteiger partial charge in [-0.2, -0.15) is 0 Å². The molecule has 0 bridgehead atoms. The Morgan fingerprint density at radius 2 is 1.71 bits per heavy atom. The Balaban J connectivity index is 0.741. The Morgan fingerprint density at radius 1 is 0.935 bits per heavy atom. The van der Waals surface area contributed by atoms with Gasteiger partial charge in [0.1, 0.15) is 5.76 Å². The Labute approximate surface area is 366 Å². The van der Waals surface area contributed by atoms with Gasteiger partial charge in [-0.25, -0.2) is 0 Å². The first kappa shape index (κ1) is 44.6. The van der Waals surface area contributed by atoms with Crippen molar-refractivity contribution in [3.63, 3.8) is 0 Å². The molecule has 1 aliphatic carbocycles. The van der Waals surface area contributed by atoms with Crippen molar-refractivity contribution < 1.29 is 33.4 Å². The average Bonchev–Trinajstić information content (AvgIpc) is 3.48. The molecule has 4 amide bonds. The normalized spacial score (nSPS) is 18.5. The summed E-state index contributed by atoms with van der Waals surface area (Å²) < 4.78 is 18.5. The van der Waals surface area contributed by atoms with Crippen LogP contribution in [0.3, 0.4) is 0 Å². The fourth-order valence-corrected chi connectivity index (χ4v) is 9.22. The number of ether oxygens (including phenoxy) is 3. The van der Waals surface area contributed by atoms with Gasteiger partial charge >= 0.3 is 0 Å². The summed E-state index contributed by atoms with van der Waals surface area (Å²) in [5.41, 5.74) is 9.36. The van der Waals surface area contributed by atoms with Crippen molar-refractivity contribution in [2.24, 2.45) is 5.41 Å². The van der Waals surface area contributed by atoms with Crippen molar-refractivity contribution in [3.8, 4) is 11.1 Å². The summed E-state index contributed by atoms with van der Waals surface area (Å²) >= 11 is 0. The van der Waals surface area contributed by atoms with Gasteiger partial charge in [0.15, 0.2) is 0 Å². The topological polar surface area (TPSA) is 131 Å². The second-order valence-electron chi connectivity index (χ2n) is 17.2. The lowest BCUT2D eigenvalue weighted by molar-refractivity contribution is -0.138. The van der Waals surface area contributed by atoms with Crippen molar-refractivity contribution >= 4 is 35.4 Å². The van der Waals surface area contributed by atoms with E-state index >= 15 is 0 Å². The Hall–Kier alpha value is -5.43. The van der Waals surface area contributed by atoms with Gasteiger partial charge in [0.05, 0.1) is 29.9 Å². The summed E-state index contributed by atoms with van der Waals surface area (Å²) in [5, 5.41) is 2.08. The van der Waals surface area contributed by atoms with Crippen molar-refractivity contribution in [2.75, 3.05) is 57.4 Å². The number of nitrogens with one attached hydrogen (secondary N) is 1. The van der Waals surface area contributed by atoms with Gasteiger partial charge in [0, 0.05) is 87.5 Å². The summed E-state index contributed by atoms with van der Waals surface area (Å²) in [6.07, 6.45) is 17.3. The quantitative estimate of drug-likeness (QED) is 0.0383. The number of carbonyl (C=O) groups excluding carboxylic acids is 4. The smallest absolute Gasteiger partial charge is 0.261 e. The lowest BCUT2D eigenvalue weighted by Crippen LogP contribution is -2.64. The van der Waals surface area contributed by atoms with Crippen molar-refractivity contribution in [1.82, 2.24) is 20.1 Å². The van der Waals surface area contributed by atoms with Gasteiger partial charge in [0.2, 0.25) is 12.3 Å². The summed E-state index contributed by atoms with van der Waals surface area (Å²) in [4.78, 5) is 58.5. The molecule has 3 aliphatic heterocycles. The number of allylic oxidation sites excluding steroid dienone is 5. The second kappa shape index (κ2) is 20.2. The van der Waals surface area contributed by atoms with Gasteiger partial charge in [-0.3, -0.25) is 39.3 Å². The van der Waals surface area contributed by atoms with Crippen LogP contribution in [0, 0.1) is 12.3 Å². The number of fused-ring (bicyclic) bond motifs is 1. The fourth-order valence-electron chi connectivity index (χ4n) is 9.22. The minimum Gasteiger partial charge on any atom is -0.491 e. The molecular weight excluding hydrogens is 783 g/mol. The van der Waals surface area contributed by atoms with Crippen LogP contribution in [0.15, 0.2) is 84.9 Å². The molecular formula is C50H61N5O7. The van der Waals surface area contributed by atoms with Gasteiger partial charge in [-0.05, 0) is 124 Å². The van der Waals surface area contributed by atoms with E-state index in [9.17, 15) is 19.2 Å². The zero-order valence-corrected chi connectivity index (χ0v) is 36.9. The molecule has 12 nitrogen and oxygen atoms in total. The van der Waals surface area contributed by atoms with Gasteiger partial charge < -0.3 is 19.1 Å². The number of aryl methyl sites for hydroxylation is 2. The second-order valence-corrected chi connectivity index (χ2v) is 17.2. The first-order valence-electron chi connectivity index (χ1n) is 22.2. The molecule has 2 saturated heterocycles. The van der Waals surface area contributed by atoms with E-state index in [1.165, 1.54) is 38.3 Å². The third kappa shape index (κ3) is 10.1. The van der Waals surface area contributed by atoms with Crippen LogP contribution in [-0.4, -0.2) is 110 Å². The average molecular weight is 844 g/mol. The van der Waals surface area contributed by atoms with E-state index in [0.29, 0.717) is 55.9 Å². The van der Waals surface area contributed by atoms with E-state index < -0.39 is 11.9 Å². The minimum absolute atomic E-state index is 0.0412. The highest BCUT2D eigenvalue weighted by atomic mass is 16.5. The molecule has 1 N–H and O–H groups in total.